The van der Waals surface area contributed by atoms with Crippen molar-refractivity contribution in [1.82, 2.24) is 4.98 Å². The van der Waals surface area contributed by atoms with Crippen molar-refractivity contribution in [3.63, 3.8) is 0 Å². The van der Waals surface area contributed by atoms with E-state index in [-0.39, 0.29) is 12.3 Å². The first-order valence-corrected chi connectivity index (χ1v) is 7.38. The first kappa shape index (κ1) is 15.6. The normalized spacial score (nSPS) is 10.5. The Balaban J connectivity index is 1.71. The van der Waals surface area contributed by atoms with Gasteiger partial charge in [-0.1, -0.05) is 30.3 Å². The van der Waals surface area contributed by atoms with Crippen LogP contribution in [-0.4, -0.2) is 22.2 Å². The van der Waals surface area contributed by atoms with Crippen molar-refractivity contribution in [2.24, 2.45) is 0 Å². The smallest absolute Gasteiger partial charge is 0.411 e. The number of carboxylic acid groups (broad SMARTS) is 1. The molecule has 0 spiro atoms. The molecule has 0 aliphatic heterocycles. The summed E-state index contributed by atoms with van der Waals surface area (Å²) in [4.78, 5) is 25.9. The highest BCUT2D eigenvalue weighted by Crippen LogP contribution is 2.25. The Bertz CT molecular complexity index is 900. The average Bonchev–Trinajstić information content (AvgIpc) is 2.91. The van der Waals surface area contributed by atoms with E-state index in [1.165, 1.54) is 0 Å². The van der Waals surface area contributed by atoms with E-state index in [0.29, 0.717) is 16.8 Å². The molecule has 6 nitrogen and oxygen atoms in total. The number of carbonyl (C=O) groups is 2. The van der Waals surface area contributed by atoms with Crippen molar-refractivity contribution in [2.45, 2.75) is 13.5 Å². The summed E-state index contributed by atoms with van der Waals surface area (Å²) < 4.78 is 5.17. The highest BCUT2D eigenvalue weighted by molar-refractivity contribution is 5.99. The lowest BCUT2D eigenvalue weighted by molar-refractivity contribution is 0.0690. The minimum absolute atomic E-state index is 0.147. The Labute approximate surface area is 138 Å². The maximum absolute atomic E-state index is 11.9. The summed E-state index contributed by atoms with van der Waals surface area (Å²) in [6.45, 7) is 1.90. The lowest BCUT2D eigenvalue weighted by atomic mass is 10.1. The second-order valence-corrected chi connectivity index (χ2v) is 5.38. The van der Waals surface area contributed by atoms with Gasteiger partial charge in [0.1, 0.15) is 12.3 Å². The summed E-state index contributed by atoms with van der Waals surface area (Å²) >= 11 is 0. The number of aromatic nitrogens is 1. The van der Waals surface area contributed by atoms with Gasteiger partial charge >= 0.3 is 12.1 Å². The number of hydrogen-bond donors (Lipinski definition) is 3. The maximum Gasteiger partial charge on any atom is 0.411 e. The summed E-state index contributed by atoms with van der Waals surface area (Å²) in [6.07, 6.45) is -0.565. The van der Waals surface area contributed by atoms with Crippen LogP contribution in [0.4, 0.5) is 10.5 Å². The molecule has 0 saturated heterocycles. The van der Waals surface area contributed by atoms with Crippen LogP contribution in [0.5, 0.6) is 0 Å². The molecule has 122 valence electrons. The largest absolute Gasteiger partial charge is 0.477 e. The number of fused-ring (bicyclic) bond motifs is 1. The van der Waals surface area contributed by atoms with E-state index in [9.17, 15) is 9.59 Å². The van der Waals surface area contributed by atoms with E-state index in [1.807, 2.05) is 30.3 Å². The van der Waals surface area contributed by atoms with Gasteiger partial charge in [-0.15, -0.1) is 0 Å². The minimum Gasteiger partial charge on any atom is -0.477 e. The van der Waals surface area contributed by atoms with Gasteiger partial charge in [-0.25, -0.2) is 9.59 Å². The SMILES string of the molecule is Cc1c(C(=O)O)[nH]c2ccc(NC(=O)OCc3ccccc3)cc12. The Morgan fingerprint density at radius 1 is 1.17 bits per heavy atom. The first-order chi connectivity index (χ1) is 11.5. The van der Waals surface area contributed by atoms with Crippen molar-refractivity contribution in [2.75, 3.05) is 5.32 Å². The van der Waals surface area contributed by atoms with Crippen molar-refractivity contribution in [3.05, 3.63) is 65.4 Å². The van der Waals surface area contributed by atoms with Gasteiger partial charge in [-0.05, 0) is 36.2 Å². The number of hydrogen-bond acceptors (Lipinski definition) is 3. The van der Waals surface area contributed by atoms with Crippen molar-refractivity contribution >= 4 is 28.7 Å². The van der Waals surface area contributed by atoms with E-state index in [1.54, 1.807) is 25.1 Å². The molecule has 2 aromatic carbocycles. The third-order valence-electron chi connectivity index (χ3n) is 3.73. The number of aromatic amines is 1. The number of anilines is 1. The molecule has 0 aliphatic rings. The van der Waals surface area contributed by atoms with Crippen LogP contribution in [0.3, 0.4) is 0 Å². The molecule has 1 amide bonds. The van der Waals surface area contributed by atoms with Crippen molar-refractivity contribution in [1.29, 1.82) is 0 Å². The molecule has 0 saturated carbocycles. The van der Waals surface area contributed by atoms with Gasteiger partial charge in [0.25, 0.3) is 0 Å². The van der Waals surface area contributed by atoms with Crippen molar-refractivity contribution < 1.29 is 19.4 Å². The molecule has 3 aromatic rings. The van der Waals surface area contributed by atoms with Gasteiger partial charge in [0.15, 0.2) is 0 Å². The van der Waals surface area contributed by atoms with Crippen LogP contribution in [-0.2, 0) is 11.3 Å². The minimum atomic E-state index is -1.01. The predicted molar refractivity (Wildman–Crippen MR) is 90.2 cm³/mol. The van der Waals surface area contributed by atoms with Gasteiger partial charge < -0.3 is 14.8 Å². The number of rotatable bonds is 4. The maximum atomic E-state index is 11.9. The number of H-pyrrole nitrogens is 1. The number of aryl methyl sites for hydroxylation is 1. The Morgan fingerprint density at radius 3 is 2.62 bits per heavy atom. The molecule has 1 heterocycles. The molecule has 0 aliphatic carbocycles. The summed E-state index contributed by atoms with van der Waals surface area (Å²) in [5, 5.41) is 12.5. The molecule has 6 heteroatoms. The molecule has 3 N–H and O–H groups in total. The van der Waals surface area contributed by atoms with E-state index in [0.717, 1.165) is 10.9 Å². The molecular weight excluding hydrogens is 308 g/mol. The predicted octanol–water partition coefficient (Wildman–Crippen LogP) is 3.92. The van der Waals surface area contributed by atoms with Gasteiger partial charge in [0.2, 0.25) is 0 Å². The summed E-state index contributed by atoms with van der Waals surface area (Å²) in [5.74, 6) is -1.01. The summed E-state index contributed by atoms with van der Waals surface area (Å²) in [5.41, 5.74) is 2.91. The Kier molecular flexibility index (Phi) is 4.20. The molecule has 0 atom stereocenters. The monoisotopic (exact) mass is 324 g/mol. The third kappa shape index (κ3) is 3.22. The van der Waals surface area contributed by atoms with Gasteiger partial charge in [0, 0.05) is 16.6 Å². The van der Waals surface area contributed by atoms with E-state index in [2.05, 4.69) is 10.3 Å². The van der Waals surface area contributed by atoms with Crippen LogP contribution in [0.2, 0.25) is 0 Å². The topological polar surface area (TPSA) is 91.4 Å². The van der Waals surface area contributed by atoms with Crippen LogP contribution in [0, 0.1) is 6.92 Å². The average molecular weight is 324 g/mol. The Morgan fingerprint density at radius 2 is 1.92 bits per heavy atom. The second-order valence-electron chi connectivity index (χ2n) is 5.38. The number of benzene rings is 2. The zero-order valence-corrected chi connectivity index (χ0v) is 13.0. The fourth-order valence-corrected chi connectivity index (χ4v) is 2.50. The highest BCUT2D eigenvalue weighted by Gasteiger charge is 2.14. The molecule has 0 unspecified atom stereocenters. The lowest BCUT2D eigenvalue weighted by Gasteiger charge is -2.07. The number of aromatic carboxylic acids is 1. The third-order valence-corrected chi connectivity index (χ3v) is 3.73. The molecule has 0 radical (unpaired) electrons. The van der Waals surface area contributed by atoms with Gasteiger partial charge in [0.05, 0.1) is 0 Å². The molecule has 24 heavy (non-hydrogen) atoms. The van der Waals surface area contributed by atoms with Crippen LogP contribution in [0.1, 0.15) is 21.6 Å². The van der Waals surface area contributed by atoms with Gasteiger partial charge in [-0.3, -0.25) is 5.32 Å². The molecule has 0 bridgehead atoms. The Hall–Kier alpha value is -3.28. The van der Waals surface area contributed by atoms with E-state index < -0.39 is 12.1 Å². The van der Waals surface area contributed by atoms with Crippen LogP contribution in [0.25, 0.3) is 10.9 Å². The standard InChI is InChI=1S/C18H16N2O4/c1-11-14-9-13(7-8-15(14)20-16(11)17(21)22)19-18(23)24-10-12-5-3-2-4-6-12/h2-9,20H,10H2,1H3,(H,19,23)(H,21,22). The summed E-state index contributed by atoms with van der Waals surface area (Å²) in [7, 11) is 0. The van der Waals surface area contributed by atoms with Gasteiger partial charge in [-0.2, -0.15) is 0 Å². The van der Waals surface area contributed by atoms with Crippen LogP contribution >= 0.6 is 0 Å². The quantitative estimate of drug-likeness (QED) is 0.678. The number of carbonyl (C=O) groups excluding carboxylic acids is 1. The molecule has 1 aromatic heterocycles. The molecular formula is C18H16N2O4. The van der Waals surface area contributed by atoms with E-state index in [4.69, 9.17) is 9.84 Å². The lowest BCUT2D eigenvalue weighted by Crippen LogP contribution is -2.13. The fraction of sp³-hybridized carbons (Fsp3) is 0.111. The van der Waals surface area contributed by atoms with Crippen LogP contribution < -0.4 is 5.32 Å². The molecule has 3 rings (SSSR count). The number of nitrogens with one attached hydrogen (secondary N) is 2. The first-order valence-electron chi connectivity index (χ1n) is 7.38. The van der Waals surface area contributed by atoms with Crippen molar-refractivity contribution in [3.8, 4) is 0 Å². The fourth-order valence-electron chi connectivity index (χ4n) is 2.50. The van der Waals surface area contributed by atoms with E-state index >= 15 is 0 Å². The number of ether oxygens (including phenoxy) is 1. The van der Waals surface area contributed by atoms with Crippen LogP contribution in [0.15, 0.2) is 48.5 Å². The molecule has 0 fully saturated rings. The highest BCUT2D eigenvalue weighted by atomic mass is 16.5. The summed E-state index contributed by atoms with van der Waals surface area (Å²) in [6, 6.07) is 14.5. The zero-order chi connectivity index (χ0) is 17.1. The second kappa shape index (κ2) is 6.45. The number of amides is 1. The zero-order valence-electron chi connectivity index (χ0n) is 13.0. The number of carboxylic acids is 1.